The van der Waals surface area contributed by atoms with E-state index in [1.165, 1.54) is 6.07 Å². The van der Waals surface area contributed by atoms with Crippen LogP contribution in [0, 0.1) is 13.8 Å². The first kappa shape index (κ1) is 33.6. The quantitative estimate of drug-likeness (QED) is 0.226. The van der Waals surface area contributed by atoms with E-state index in [4.69, 9.17) is 0 Å². The van der Waals surface area contributed by atoms with Crippen molar-refractivity contribution in [1.29, 1.82) is 0 Å². The van der Waals surface area contributed by atoms with Gasteiger partial charge in [0.05, 0.1) is 12.1 Å². The zero-order valence-corrected chi connectivity index (χ0v) is 24.6. The van der Waals surface area contributed by atoms with E-state index in [0.29, 0.717) is 13.1 Å². The lowest BCUT2D eigenvalue weighted by Gasteiger charge is -2.26. The molecule has 2 rings (SSSR count). The molecule has 0 aliphatic rings. The Kier molecular flexibility index (Phi) is 12.2. The fourth-order valence-corrected chi connectivity index (χ4v) is 4.00. The van der Waals surface area contributed by atoms with Crippen molar-refractivity contribution >= 4 is 23.4 Å². The highest BCUT2D eigenvalue weighted by Gasteiger charge is 2.32. The van der Waals surface area contributed by atoms with Gasteiger partial charge in [0.15, 0.2) is 0 Å². The van der Waals surface area contributed by atoms with Crippen molar-refractivity contribution in [2.45, 2.75) is 78.7 Å². The Balaban J connectivity index is 2.07. The summed E-state index contributed by atoms with van der Waals surface area (Å²) in [7, 11) is 0. The number of hydrogen-bond donors (Lipinski definition) is 5. The SMILES string of the molecule is CCCCNc1cc(C(=O)NCC(=O)N[C@@H](CNCc2ccc(C)cc2C)C(=O)NC(C)(C)C)cc(C(F)(F)F)c1. The molecule has 226 valence electrons. The van der Waals surface area contributed by atoms with E-state index in [0.717, 1.165) is 41.7 Å². The number of nitrogens with one attached hydrogen (secondary N) is 5. The molecule has 8 nitrogen and oxygen atoms in total. The van der Waals surface area contributed by atoms with Gasteiger partial charge in [-0.25, -0.2) is 0 Å². The average Bonchev–Trinajstić information content (AvgIpc) is 2.86. The minimum Gasteiger partial charge on any atom is -0.385 e. The van der Waals surface area contributed by atoms with Crippen LogP contribution in [0.25, 0.3) is 0 Å². The van der Waals surface area contributed by atoms with E-state index < -0.39 is 47.6 Å². The molecule has 11 heteroatoms. The number of carbonyl (C=O) groups is 3. The van der Waals surface area contributed by atoms with Crippen molar-refractivity contribution in [2.24, 2.45) is 0 Å². The number of rotatable bonds is 13. The molecule has 0 aliphatic carbocycles. The number of benzene rings is 2. The molecule has 0 fully saturated rings. The summed E-state index contributed by atoms with van der Waals surface area (Å²) < 4.78 is 40.3. The van der Waals surface area contributed by atoms with Crippen molar-refractivity contribution in [3.8, 4) is 0 Å². The number of amides is 3. The molecule has 1 atom stereocenters. The Morgan fingerprint density at radius 1 is 0.976 bits per heavy atom. The van der Waals surface area contributed by atoms with E-state index in [9.17, 15) is 27.6 Å². The molecule has 0 aromatic heterocycles. The van der Waals surface area contributed by atoms with Gasteiger partial charge in [0.1, 0.15) is 6.04 Å². The van der Waals surface area contributed by atoms with Crippen LogP contribution >= 0.6 is 0 Å². The van der Waals surface area contributed by atoms with Crippen LogP contribution in [0.2, 0.25) is 0 Å². The summed E-state index contributed by atoms with van der Waals surface area (Å²) in [6.45, 7) is 11.9. The van der Waals surface area contributed by atoms with Gasteiger partial charge in [0, 0.05) is 36.4 Å². The third-order valence-electron chi connectivity index (χ3n) is 6.10. The van der Waals surface area contributed by atoms with E-state index in [-0.39, 0.29) is 17.8 Å². The Hall–Kier alpha value is -3.60. The van der Waals surface area contributed by atoms with Crippen LogP contribution in [0.1, 0.15) is 73.1 Å². The average molecular weight is 578 g/mol. The van der Waals surface area contributed by atoms with E-state index in [1.807, 2.05) is 53.7 Å². The summed E-state index contributed by atoms with van der Waals surface area (Å²) in [6.07, 6.45) is -3.04. The summed E-state index contributed by atoms with van der Waals surface area (Å²) in [6, 6.07) is 8.10. The molecule has 0 spiro atoms. The lowest BCUT2D eigenvalue weighted by molar-refractivity contribution is -0.137. The predicted octanol–water partition coefficient (Wildman–Crippen LogP) is 4.45. The van der Waals surface area contributed by atoms with Crippen molar-refractivity contribution < 1.29 is 27.6 Å². The van der Waals surface area contributed by atoms with Gasteiger partial charge in [0.25, 0.3) is 5.91 Å². The zero-order valence-electron chi connectivity index (χ0n) is 24.6. The standard InChI is InChI=1S/C30H42F3N5O3/c1-7-8-11-35-24-14-22(13-23(15-24)30(31,32)33)27(40)36-18-26(39)37-25(28(41)38-29(4,5)6)17-34-16-21-10-9-19(2)12-20(21)3/h9-10,12-15,25,34-35H,7-8,11,16-18H2,1-6H3,(H,36,40)(H,37,39)(H,38,41)/t25-/m0/s1. The smallest absolute Gasteiger partial charge is 0.385 e. The first-order valence-corrected chi connectivity index (χ1v) is 13.7. The number of hydrogen-bond acceptors (Lipinski definition) is 5. The summed E-state index contributed by atoms with van der Waals surface area (Å²) >= 11 is 0. The maximum Gasteiger partial charge on any atom is 0.416 e. The second kappa shape index (κ2) is 14.9. The molecule has 5 N–H and O–H groups in total. The van der Waals surface area contributed by atoms with Gasteiger partial charge in [-0.3, -0.25) is 14.4 Å². The van der Waals surface area contributed by atoms with Crippen LogP contribution in [0.5, 0.6) is 0 Å². The second-order valence-corrected chi connectivity index (χ2v) is 11.2. The molecule has 3 amide bonds. The van der Waals surface area contributed by atoms with Gasteiger partial charge in [-0.1, -0.05) is 37.1 Å². The van der Waals surface area contributed by atoms with Crippen LogP contribution in [-0.4, -0.2) is 48.9 Å². The molecule has 41 heavy (non-hydrogen) atoms. The Bertz CT molecular complexity index is 1210. The van der Waals surface area contributed by atoms with E-state index in [1.54, 1.807) is 0 Å². The molecule has 0 unspecified atom stereocenters. The second-order valence-electron chi connectivity index (χ2n) is 11.2. The van der Waals surface area contributed by atoms with Crippen molar-refractivity contribution in [3.05, 3.63) is 64.2 Å². The highest BCUT2D eigenvalue weighted by atomic mass is 19.4. The van der Waals surface area contributed by atoms with Gasteiger partial charge in [-0.2, -0.15) is 13.2 Å². The first-order chi connectivity index (χ1) is 19.1. The topological polar surface area (TPSA) is 111 Å². The third-order valence-corrected chi connectivity index (χ3v) is 6.10. The number of aryl methyl sites for hydroxylation is 2. The molecular weight excluding hydrogens is 535 g/mol. The summed E-state index contributed by atoms with van der Waals surface area (Å²) in [5, 5.41) is 13.9. The number of alkyl halides is 3. The first-order valence-electron chi connectivity index (χ1n) is 13.7. The van der Waals surface area contributed by atoms with Gasteiger partial charge >= 0.3 is 6.18 Å². The molecule has 0 saturated heterocycles. The summed E-state index contributed by atoms with van der Waals surface area (Å²) in [5.74, 6) is -1.91. The van der Waals surface area contributed by atoms with Crippen LogP contribution in [0.3, 0.4) is 0 Å². The maximum absolute atomic E-state index is 13.4. The highest BCUT2D eigenvalue weighted by Crippen LogP contribution is 2.32. The van der Waals surface area contributed by atoms with Crippen LogP contribution < -0.4 is 26.6 Å². The monoisotopic (exact) mass is 577 g/mol. The van der Waals surface area contributed by atoms with Gasteiger partial charge in [-0.15, -0.1) is 0 Å². The Labute approximate surface area is 240 Å². The zero-order chi connectivity index (χ0) is 30.8. The molecule has 0 radical (unpaired) electrons. The predicted molar refractivity (Wildman–Crippen MR) is 155 cm³/mol. The minimum absolute atomic E-state index is 0.120. The molecular formula is C30H42F3N5O3. The van der Waals surface area contributed by atoms with Crippen molar-refractivity contribution in [3.63, 3.8) is 0 Å². The Morgan fingerprint density at radius 3 is 2.29 bits per heavy atom. The van der Waals surface area contributed by atoms with Crippen LogP contribution in [0.15, 0.2) is 36.4 Å². The molecule has 2 aromatic rings. The van der Waals surface area contributed by atoms with Gasteiger partial charge < -0.3 is 26.6 Å². The molecule has 0 bridgehead atoms. The van der Waals surface area contributed by atoms with Crippen LogP contribution in [-0.2, 0) is 22.3 Å². The fraction of sp³-hybridized carbons (Fsp3) is 0.500. The fourth-order valence-electron chi connectivity index (χ4n) is 4.00. The Morgan fingerprint density at radius 2 is 1.68 bits per heavy atom. The van der Waals surface area contributed by atoms with Gasteiger partial charge in [0.2, 0.25) is 11.8 Å². The van der Waals surface area contributed by atoms with Crippen LogP contribution in [0.4, 0.5) is 18.9 Å². The summed E-state index contributed by atoms with van der Waals surface area (Å²) in [4.78, 5) is 38.4. The van der Waals surface area contributed by atoms with E-state index in [2.05, 4.69) is 32.7 Å². The normalized spacial score (nSPS) is 12.4. The number of halogens is 3. The lowest BCUT2D eigenvalue weighted by Crippen LogP contribution is -2.56. The largest absolute Gasteiger partial charge is 0.416 e. The molecule has 0 heterocycles. The van der Waals surface area contributed by atoms with E-state index >= 15 is 0 Å². The highest BCUT2D eigenvalue weighted by molar-refractivity contribution is 5.98. The molecule has 0 saturated carbocycles. The molecule has 0 aliphatic heterocycles. The minimum atomic E-state index is -4.65. The number of carbonyl (C=O) groups excluding carboxylic acids is 3. The number of unbranched alkanes of at least 4 members (excludes halogenated alkanes) is 1. The molecule has 2 aromatic carbocycles. The van der Waals surface area contributed by atoms with Gasteiger partial charge in [-0.05, 0) is 70.4 Å². The lowest BCUT2D eigenvalue weighted by atomic mass is 10.1. The summed E-state index contributed by atoms with van der Waals surface area (Å²) in [5.41, 5.74) is 1.70. The number of anilines is 1. The van der Waals surface area contributed by atoms with Crippen molar-refractivity contribution in [1.82, 2.24) is 21.3 Å². The maximum atomic E-state index is 13.4. The van der Waals surface area contributed by atoms with Crippen molar-refractivity contribution in [2.75, 3.05) is 25.0 Å². The third kappa shape index (κ3) is 11.8.